The van der Waals surface area contributed by atoms with E-state index in [1.54, 1.807) is 26.0 Å². The first kappa shape index (κ1) is 13.3. The lowest BCUT2D eigenvalue weighted by Gasteiger charge is -2.11. The van der Waals surface area contributed by atoms with E-state index in [1.165, 1.54) is 0 Å². The van der Waals surface area contributed by atoms with Crippen LogP contribution >= 0.6 is 0 Å². The minimum absolute atomic E-state index is 0.206. The molecular formula is C12H17NO4. The van der Waals surface area contributed by atoms with Crippen molar-refractivity contribution in [2.45, 2.75) is 33.2 Å². The predicted molar refractivity (Wildman–Crippen MR) is 61.6 cm³/mol. The summed E-state index contributed by atoms with van der Waals surface area (Å²) in [6, 6.07) is 2.65. The molecule has 0 spiro atoms. The van der Waals surface area contributed by atoms with E-state index in [0.29, 0.717) is 6.61 Å². The van der Waals surface area contributed by atoms with Crippen LogP contribution in [0.1, 0.15) is 37.1 Å². The van der Waals surface area contributed by atoms with Gasteiger partial charge in [-0.1, -0.05) is 6.92 Å². The third kappa shape index (κ3) is 3.62. The summed E-state index contributed by atoms with van der Waals surface area (Å²) in [6.45, 7) is 5.51. The summed E-state index contributed by atoms with van der Waals surface area (Å²) >= 11 is 0. The standard InChI is InChI=1S/C12H17NO4/c1-4-9-6-7-10(17-9)11(14)13-8(3)12(15)16-5-2/h6-8H,4-5H2,1-3H3,(H,13,14). The number of carbonyl (C=O) groups is 2. The van der Waals surface area contributed by atoms with Gasteiger partial charge in [-0.05, 0) is 26.0 Å². The Hall–Kier alpha value is -1.78. The molecule has 1 aromatic rings. The van der Waals surface area contributed by atoms with Gasteiger partial charge in [-0.3, -0.25) is 4.79 Å². The first-order valence-corrected chi connectivity index (χ1v) is 5.64. The number of aryl methyl sites for hydroxylation is 1. The summed E-state index contributed by atoms with van der Waals surface area (Å²) in [5.41, 5.74) is 0. The smallest absolute Gasteiger partial charge is 0.328 e. The van der Waals surface area contributed by atoms with Crippen LogP contribution in [0.4, 0.5) is 0 Å². The Morgan fingerprint density at radius 3 is 2.65 bits per heavy atom. The van der Waals surface area contributed by atoms with Crippen LogP contribution in [0.3, 0.4) is 0 Å². The minimum Gasteiger partial charge on any atom is -0.464 e. The molecule has 1 aromatic heterocycles. The number of nitrogens with one attached hydrogen (secondary N) is 1. The van der Waals surface area contributed by atoms with E-state index in [1.807, 2.05) is 6.92 Å². The largest absolute Gasteiger partial charge is 0.464 e. The third-order valence-corrected chi connectivity index (χ3v) is 2.22. The van der Waals surface area contributed by atoms with Gasteiger partial charge in [0.15, 0.2) is 5.76 Å². The van der Waals surface area contributed by atoms with Gasteiger partial charge in [0.25, 0.3) is 5.91 Å². The van der Waals surface area contributed by atoms with Crippen molar-refractivity contribution in [1.82, 2.24) is 5.32 Å². The van der Waals surface area contributed by atoms with Crippen LogP contribution in [0.25, 0.3) is 0 Å². The number of hydrogen-bond acceptors (Lipinski definition) is 4. The summed E-state index contributed by atoms with van der Waals surface area (Å²) in [5, 5.41) is 2.51. The molecule has 94 valence electrons. The lowest BCUT2D eigenvalue weighted by molar-refractivity contribution is -0.144. The molecule has 0 aliphatic carbocycles. The molecule has 0 fully saturated rings. The zero-order valence-corrected chi connectivity index (χ0v) is 10.3. The Bertz CT molecular complexity index is 397. The molecule has 0 bridgehead atoms. The van der Waals surface area contributed by atoms with Gasteiger partial charge in [0.05, 0.1) is 6.61 Å². The van der Waals surface area contributed by atoms with Crippen LogP contribution in [0, 0.1) is 0 Å². The number of hydrogen-bond donors (Lipinski definition) is 1. The van der Waals surface area contributed by atoms with E-state index >= 15 is 0 Å². The molecule has 1 rings (SSSR count). The van der Waals surface area contributed by atoms with Gasteiger partial charge in [-0.15, -0.1) is 0 Å². The highest BCUT2D eigenvalue weighted by atomic mass is 16.5. The van der Waals surface area contributed by atoms with E-state index < -0.39 is 17.9 Å². The van der Waals surface area contributed by atoms with Crippen molar-refractivity contribution in [1.29, 1.82) is 0 Å². The van der Waals surface area contributed by atoms with E-state index in [4.69, 9.17) is 9.15 Å². The molecule has 5 heteroatoms. The maximum Gasteiger partial charge on any atom is 0.328 e. The highest BCUT2D eigenvalue weighted by Crippen LogP contribution is 2.08. The van der Waals surface area contributed by atoms with E-state index in [0.717, 1.165) is 12.2 Å². The second-order valence-corrected chi connectivity index (χ2v) is 3.57. The molecule has 0 saturated carbocycles. The summed E-state index contributed by atoms with van der Waals surface area (Å²) in [5.74, 6) is 0.0744. The monoisotopic (exact) mass is 239 g/mol. The van der Waals surface area contributed by atoms with E-state index in [2.05, 4.69) is 5.32 Å². The molecule has 1 N–H and O–H groups in total. The Morgan fingerprint density at radius 1 is 1.41 bits per heavy atom. The van der Waals surface area contributed by atoms with E-state index in [9.17, 15) is 9.59 Å². The van der Waals surface area contributed by atoms with Crippen molar-refractivity contribution in [3.8, 4) is 0 Å². The molecular weight excluding hydrogens is 222 g/mol. The van der Waals surface area contributed by atoms with Crippen LogP contribution < -0.4 is 5.32 Å². The van der Waals surface area contributed by atoms with Crippen LogP contribution in [0.15, 0.2) is 16.5 Å². The van der Waals surface area contributed by atoms with Crippen molar-refractivity contribution in [2.75, 3.05) is 6.61 Å². The number of ether oxygens (including phenoxy) is 1. The maximum atomic E-state index is 11.7. The van der Waals surface area contributed by atoms with Crippen molar-refractivity contribution in [3.05, 3.63) is 23.7 Å². The van der Waals surface area contributed by atoms with Crippen LogP contribution in [0.2, 0.25) is 0 Å². The van der Waals surface area contributed by atoms with Gasteiger partial charge < -0.3 is 14.5 Å². The highest BCUT2D eigenvalue weighted by molar-refractivity contribution is 5.94. The van der Waals surface area contributed by atoms with E-state index in [-0.39, 0.29) is 5.76 Å². The van der Waals surface area contributed by atoms with Gasteiger partial charge in [0, 0.05) is 6.42 Å². The molecule has 17 heavy (non-hydrogen) atoms. The van der Waals surface area contributed by atoms with Gasteiger partial charge >= 0.3 is 5.97 Å². The van der Waals surface area contributed by atoms with Crippen molar-refractivity contribution >= 4 is 11.9 Å². The minimum atomic E-state index is -0.683. The van der Waals surface area contributed by atoms with Crippen LogP contribution in [-0.4, -0.2) is 24.5 Å². The Labute approximate surface area is 100 Å². The lowest BCUT2D eigenvalue weighted by atomic mass is 10.3. The molecule has 0 aliphatic rings. The molecule has 0 radical (unpaired) electrons. The van der Waals surface area contributed by atoms with Crippen molar-refractivity contribution in [3.63, 3.8) is 0 Å². The van der Waals surface area contributed by atoms with Gasteiger partial charge in [0.2, 0.25) is 0 Å². The Morgan fingerprint density at radius 2 is 2.12 bits per heavy atom. The zero-order valence-electron chi connectivity index (χ0n) is 10.3. The first-order valence-electron chi connectivity index (χ1n) is 5.64. The second-order valence-electron chi connectivity index (χ2n) is 3.57. The van der Waals surface area contributed by atoms with Gasteiger partial charge in [0.1, 0.15) is 11.8 Å². The Kier molecular flexibility index (Phi) is 4.75. The summed E-state index contributed by atoms with van der Waals surface area (Å²) < 4.78 is 10.1. The fourth-order valence-electron chi connectivity index (χ4n) is 1.28. The lowest BCUT2D eigenvalue weighted by Crippen LogP contribution is -2.39. The summed E-state index contributed by atoms with van der Waals surface area (Å²) in [4.78, 5) is 23.0. The van der Waals surface area contributed by atoms with Gasteiger partial charge in [-0.2, -0.15) is 0 Å². The van der Waals surface area contributed by atoms with Crippen molar-refractivity contribution < 1.29 is 18.7 Å². The molecule has 1 unspecified atom stereocenters. The predicted octanol–water partition coefficient (Wildman–Crippen LogP) is 1.52. The third-order valence-electron chi connectivity index (χ3n) is 2.22. The average Bonchev–Trinajstić information content (AvgIpc) is 2.77. The molecule has 0 saturated heterocycles. The van der Waals surface area contributed by atoms with Crippen molar-refractivity contribution in [2.24, 2.45) is 0 Å². The molecule has 1 atom stereocenters. The molecule has 0 aromatic carbocycles. The molecule has 1 amide bonds. The maximum absolute atomic E-state index is 11.7. The Balaban J connectivity index is 2.56. The number of esters is 1. The molecule has 1 heterocycles. The topological polar surface area (TPSA) is 68.5 Å². The van der Waals surface area contributed by atoms with Crippen LogP contribution in [-0.2, 0) is 16.0 Å². The SMILES string of the molecule is CCOC(=O)C(C)NC(=O)c1ccc(CC)o1. The second kappa shape index (κ2) is 6.08. The summed E-state index contributed by atoms with van der Waals surface area (Å²) in [6.07, 6.45) is 0.723. The normalized spacial score (nSPS) is 11.9. The number of carbonyl (C=O) groups excluding carboxylic acids is 2. The molecule has 5 nitrogen and oxygen atoms in total. The number of furan rings is 1. The summed E-state index contributed by atoms with van der Waals surface area (Å²) in [7, 11) is 0. The average molecular weight is 239 g/mol. The first-order chi connectivity index (χ1) is 8.08. The van der Waals surface area contributed by atoms with Crippen LogP contribution in [0.5, 0.6) is 0 Å². The number of rotatable bonds is 5. The molecule has 0 aliphatic heterocycles. The van der Waals surface area contributed by atoms with Gasteiger partial charge in [-0.25, -0.2) is 4.79 Å². The number of amides is 1. The fraction of sp³-hybridized carbons (Fsp3) is 0.500. The quantitative estimate of drug-likeness (QED) is 0.791. The highest BCUT2D eigenvalue weighted by Gasteiger charge is 2.19. The zero-order chi connectivity index (χ0) is 12.8. The fourth-order valence-corrected chi connectivity index (χ4v) is 1.28.